The zero-order chi connectivity index (χ0) is 14.7. The van der Waals surface area contributed by atoms with Crippen molar-refractivity contribution >= 4 is 5.91 Å². The number of piperidine rings is 1. The largest absolute Gasteiger partial charge is 0.339 e. The summed E-state index contributed by atoms with van der Waals surface area (Å²) in [6, 6.07) is 1.05. The first-order valence-electron chi connectivity index (χ1n) is 8.97. The molecule has 0 aromatic heterocycles. The molecule has 2 aliphatic heterocycles. The summed E-state index contributed by atoms with van der Waals surface area (Å²) in [7, 11) is 0. The van der Waals surface area contributed by atoms with Crippen LogP contribution >= 0.6 is 0 Å². The van der Waals surface area contributed by atoms with Crippen molar-refractivity contribution in [1.82, 2.24) is 15.1 Å². The third kappa shape index (κ3) is 4.43. The van der Waals surface area contributed by atoms with Gasteiger partial charge in [-0.15, -0.1) is 0 Å². The summed E-state index contributed by atoms with van der Waals surface area (Å²) in [5.41, 5.74) is 0. The van der Waals surface area contributed by atoms with E-state index in [4.69, 9.17) is 0 Å². The highest BCUT2D eigenvalue weighted by Gasteiger charge is 2.30. The van der Waals surface area contributed by atoms with Gasteiger partial charge in [-0.1, -0.05) is 0 Å². The molecule has 4 heteroatoms. The summed E-state index contributed by atoms with van der Waals surface area (Å²) in [5, 5.41) is 3.58. The van der Waals surface area contributed by atoms with Crippen LogP contribution in [0.2, 0.25) is 0 Å². The molecule has 0 aromatic rings. The molecule has 3 fully saturated rings. The van der Waals surface area contributed by atoms with Crippen LogP contribution in [0, 0.1) is 5.92 Å². The van der Waals surface area contributed by atoms with Gasteiger partial charge in [-0.05, 0) is 64.3 Å². The smallest absolute Gasteiger partial charge is 0.236 e. The number of hydrogen-bond donors (Lipinski definition) is 1. The van der Waals surface area contributed by atoms with Crippen molar-refractivity contribution in [2.24, 2.45) is 5.92 Å². The Labute approximate surface area is 129 Å². The van der Waals surface area contributed by atoms with E-state index in [1.54, 1.807) is 0 Å². The van der Waals surface area contributed by atoms with Crippen molar-refractivity contribution in [2.45, 2.75) is 64.0 Å². The average molecular weight is 293 g/mol. The van der Waals surface area contributed by atoms with Gasteiger partial charge in [0.05, 0.1) is 6.54 Å². The standard InChI is InChI=1S/C17H31N3O/c1-14-5-2-3-10-20(14)17(21)13-19(11-15-7-8-15)12-16-6-4-9-18-16/h14-16,18H,2-13H2,1H3. The fraction of sp³-hybridized carbons (Fsp3) is 0.941. The molecule has 2 heterocycles. The summed E-state index contributed by atoms with van der Waals surface area (Å²) in [4.78, 5) is 17.2. The van der Waals surface area contributed by atoms with E-state index in [9.17, 15) is 4.79 Å². The van der Waals surface area contributed by atoms with E-state index in [0.717, 1.165) is 32.1 Å². The fourth-order valence-corrected chi connectivity index (χ4v) is 3.84. The van der Waals surface area contributed by atoms with Crippen LogP contribution in [-0.2, 0) is 4.79 Å². The summed E-state index contributed by atoms with van der Waals surface area (Å²) in [5.74, 6) is 1.22. The number of nitrogens with one attached hydrogen (secondary N) is 1. The first-order valence-corrected chi connectivity index (χ1v) is 8.97. The minimum atomic E-state index is 0.362. The van der Waals surface area contributed by atoms with Gasteiger partial charge >= 0.3 is 0 Å². The molecule has 120 valence electrons. The van der Waals surface area contributed by atoms with Crippen LogP contribution in [-0.4, -0.2) is 60.5 Å². The van der Waals surface area contributed by atoms with E-state index >= 15 is 0 Å². The third-order valence-electron chi connectivity index (χ3n) is 5.34. The second kappa shape index (κ2) is 7.10. The van der Waals surface area contributed by atoms with Crippen molar-refractivity contribution in [3.05, 3.63) is 0 Å². The fourth-order valence-electron chi connectivity index (χ4n) is 3.84. The maximum absolute atomic E-state index is 12.7. The van der Waals surface area contributed by atoms with Crippen LogP contribution in [0.5, 0.6) is 0 Å². The number of hydrogen-bond acceptors (Lipinski definition) is 3. The number of amides is 1. The molecule has 1 aliphatic carbocycles. The summed E-state index contributed by atoms with van der Waals surface area (Å²) >= 11 is 0. The van der Waals surface area contributed by atoms with Gasteiger partial charge in [-0.3, -0.25) is 9.69 Å². The minimum absolute atomic E-state index is 0.362. The number of rotatable bonds is 6. The van der Waals surface area contributed by atoms with E-state index in [1.165, 1.54) is 44.9 Å². The molecule has 3 rings (SSSR count). The number of likely N-dealkylation sites (tertiary alicyclic amines) is 1. The lowest BCUT2D eigenvalue weighted by atomic mass is 10.0. The van der Waals surface area contributed by atoms with Gasteiger partial charge in [0.15, 0.2) is 0 Å². The topological polar surface area (TPSA) is 35.6 Å². The van der Waals surface area contributed by atoms with Crippen molar-refractivity contribution in [3.8, 4) is 0 Å². The predicted molar refractivity (Wildman–Crippen MR) is 85.2 cm³/mol. The lowest BCUT2D eigenvalue weighted by Crippen LogP contribution is -2.49. The highest BCUT2D eigenvalue weighted by Crippen LogP contribution is 2.30. The minimum Gasteiger partial charge on any atom is -0.339 e. The highest BCUT2D eigenvalue weighted by atomic mass is 16.2. The molecule has 2 unspecified atom stereocenters. The molecule has 2 saturated heterocycles. The van der Waals surface area contributed by atoms with Gasteiger partial charge in [0.2, 0.25) is 5.91 Å². The second-order valence-corrected chi connectivity index (χ2v) is 7.36. The van der Waals surface area contributed by atoms with Gasteiger partial charge < -0.3 is 10.2 Å². The normalized spacial score (nSPS) is 30.1. The summed E-state index contributed by atoms with van der Waals surface area (Å²) in [6.45, 7) is 7.16. The van der Waals surface area contributed by atoms with Crippen molar-refractivity contribution in [3.63, 3.8) is 0 Å². The van der Waals surface area contributed by atoms with Crippen LogP contribution in [0.25, 0.3) is 0 Å². The van der Waals surface area contributed by atoms with Crippen molar-refractivity contribution in [1.29, 1.82) is 0 Å². The van der Waals surface area contributed by atoms with Gasteiger partial charge in [-0.2, -0.15) is 0 Å². The van der Waals surface area contributed by atoms with E-state index in [-0.39, 0.29) is 0 Å². The molecule has 4 nitrogen and oxygen atoms in total. The number of carbonyl (C=O) groups excluding carboxylic acids is 1. The Hall–Kier alpha value is -0.610. The van der Waals surface area contributed by atoms with Gasteiger partial charge in [-0.25, -0.2) is 0 Å². The Bertz CT molecular complexity index is 350. The molecule has 0 spiro atoms. The monoisotopic (exact) mass is 293 g/mol. The quantitative estimate of drug-likeness (QED) is 0.812. The zero-order valence-corrected chi connectivity index (χ0v) is 13.5. The molecule has 0 bridgehead atoms. The highest BCUT2D eigenvalue weighted by molar-refractivity contribution is 5.78. The SMILES string of the molecule is CC1CCCCN1C(=O)CN(CC1CC1)CC1CCCN1. The van der Waals surface area contributed by atoms with Crippen LogP contribution in [0.15, 0.2) is 0 Å². The first-order chi connectivity index (χ1) is 10.2. The lowest BCUT2D eigenvalue weighted by Gasteiger charge is -2.35. The van der Waals surface area contributed by atoms with Crippen LogP contribution in [0.4, 0.5) is 0 Å². The zero-order valence-electron chi connectivity index (χ0n) is 13.5. The maximum Gasteiger partial charge on any atom is 0.236 e. The van der Waals surface area contributed by atoms with Gasteiger partial charge in [0.1, 0.15) is 0 Å². The van der Waals surface area contributed by atoms with E-state index in [0.29, 0.717) is 24.5 Å². The molecule has 1 amide bonds. The molecule has 0 aromatic carbocycles. The predicted octanol–water partition coefficient (Wildman–Crippen LogP) is 1.85. The molecule has 21 heavy (non-hydrogen) atoms. The Kier molecular flexibility index (Phi) is 5.17. The Balaban J connectivity index is 1.52. The average Bonchev–Trinajstić information content (AvgIpc) is 3.12. The van der Waals surface area contributed by atoms with Gasteiger partial charge in [0, 0.05) is 31.7 Å². The molecule has 1 saturated carbocycles. The van der Waals surface area contributed by atoms with E-state index in [1.807, 2.05) is 0 Å². The summed E-state index contributed by atoms with van der Waals surface area (Å²) in [6.07, 6.45) is 8.94. The first kappa shape index (κ1) is 15.3. The van der Waals surface area contributed by atoms with E-state index < -0.39 is 0 Å². The second-order valence-electron chi connectivity index (χ2n) is 7.36. The summed E-state index contributed by atoms with van der Waals surface area (Å²) < 4.78 is 0. The number of carbonyl (C=O) groups is 1. The molecule has 3 aliphatic rings. The Morgan fingerprint density at radius 2 is 2.00 bits per heavy atom. The van der Waals surface area contributed by atoms with Crippen LogP contribution in [0.3, 0.4) is 0 Å². The van der Waals surface area contributed by atoms with Gasteiger partial charge in [0.25, 0.3) is 0 Å². The Morgan fingerprint density at radius 1 is 1.14 bits per heavy atom. The van der Waals surface area contributed by atoms with Crippen molar-refractivity contribution < 1.29 is 4.79 Å². The molecule has 0 radical (unpaired) electrons. The molecular weight excluding hydrogens is 262 g/mol. The third-order valence-corrected chi connectivity index (χ3v) is 5.34. The van der Waals surface area contributed by atoms with Crippen LogP contribution < -0.4 is 5.32 Å². The molecule has 1 N–H and O–H groups in total. The maximum atomic E-state index is 12.7. The van der Waals surface area contributed by atoms with E-state index in [2.05, 4.69) is 22.0 Å². The van der Waals surface area contributed by atoms with Crippen molar-refractivity contribution in [2.75, 3.05) is 32.7 Å². The molecular formula is C17H31N3O. The molecule has 2 atom stereocenters. The Morgan fingerprint density at radius 3 is 2.67 bits per heavy atom. The number of nitrogens with zero attached hydrogens (tertiary/aromatic N) is 2. The van der Waals surface area contributed by atoms with Crippen LogP contribution in [0.1, 0.15) is 51.9 Å². The lowest BCUT2D eigenvalue weighted by molar-refractivity contribution is -0.135.